The second kappa shape index (κ2) is 3.64. The number of Topliss-reactive ketones (excluding diaryl/α,β-unsaturated/α-hetero) is 1. The van der Waals surface area contributed by atoms with Gasteiger partial charge in [-0.2, -0.15) is 6.92 Å². The number of imidazole rings is 1. The quantitative estimate of drug-likeness (QED) is 0.598. The van der Waals surface area contributed by atoms with Gasteiger partial charge in [0.25, 0.3) is 0 Å². The van der Waals surface area contributed by atoms with E-state index in [0.717, 1.165) is 0 Å². The number of carbonyl (C=O) groups excluding carboxylic acids is 1. The van der Waals surface area contributed by atoms with Gasteiger partial charge < -0.3 is 14.8 Å². The molecule has 0 aromatic carbocycles. The van der Waals surface area contributed by atoms with E-state index < -0.39 is 0 Å². The van der Waals surface area contributed by atoms with E-state index in [1.165, 1.54) is 12.7 Å². The number of aromatic amines is 1. The van der Waals surface area contributed by atoms with Gasteiger partial charge in [0.15, 0.2) is 5.65 Å². The fourth-order valence-electron chi connectivity index (χ4n) is 0.976. The largest absolute Gasteiger partial charge is 0.357 e. The van der Waals surface area contributed by atoms with Crippen LogP contribution in [0, 0.1) is 6.92 Å². The molecule has 0 fully saturated rings. The molecule has 0 saturated carbocycles. The predicted molar refractivity (Wildman–Crippen MR) is 41.4 cm³/mol. The van der Waals surface area contributed by atoms with E-state index in [1.54, 1.807) is 0 Å². The van der Waals surface area contributed by atoms with Gasteiger partial charge in [0.2, 0.25) is 0 Å². The Kier molecular flexibility index (Phi) is 2.76. The third kappa shape index (κ3) is 1.59. The van der Waals surface area contributed by atoms with E-state index in [-0.39, 0.29) is 31.9 Å². The predicted octanol–water partition coefficient (Wildman–Crippen LogP) is 0.367. The number of ketones is 1. The summed E-state index contributed by atoms with van der Waals surface area (Å²) in [6, 6.07) is 0. The van der Waals surface area contributed by atoms with Crippen LogP contribution in [-0.2, 0) is 20.4 Å². The Bertz CT molecular complexity index is 439. The van der Waals surface area contributed by atoms with E-state index in [1.807, 2.05) is 0 Å². The fraction of sp³-hybridized carbons (Fsp3) is 0. The topological polar surface area (TPSA) is 71.5 Å². The van der Waals surface area contributed by atoms with E-state index in [0.29, 0.717) is 11.2 Å². The maximum atomic E-state index is 10.9. The minimum atomic E-state index is -0.341. The van der Waals surface area contributed by atoms with Crippen LogP contribution < -0.4 is 0 Å². The molecule has 1 N–H and O–H groups in total. The minimum absolute atomic E-state index is 0. The van der Waals surface area contributed by atoms with Crippen LogP contribution in [0.15, 0.2) is 12.7 Å². The van der Waals surface area contributed by atoms with Crippen molar-refractivity contribution in [2.45, 2.75) is 0 Å². The van der Waals surface area contributed by atoms with Gasteiger partial charge in [0, 0.05) is 31.7 Å². The van der Waals surface area contributed by atoms with Crippen LogP contribution in [0.2, 0.25) is 0 Å². The number of hydrogen-bond acceptors (Lipinski definition) is 4. The average Bonchev–Trinajstić information content (AvgIpc) is 2.49. The Morgan fingerprint density at radius 3 is 2.85 bits per heavy atom. The summed E-state index contributed by atoms with van der Waals surface area (Å²) in [5, 5.41) is 0. The third-order valence-corrected chi connectivity index (χ3v) is 1.49. The van der Waals surface area contributed by atoms with Crippen LogP contribution in [-0.4, -0.2) is 25.7 Å². The first-order chi connectivity index (χ1) is 5.79. The SMILES string of the molecule is [CH2-]C(=O)c1ncnc2nc[nH]c12.[Re]. The molecule has 0 aliphatic heterocycles. The standard InChI is InChI=1S/C7H5N4O.Re/c1-4(12)5-6-7(10-2-8-5)11-3-9-6;/h2-3H,1H2,(H,8,9,10,11);/q-1;. The second-order valence-corrected chi connectivity index (χ2v) is 2.25. The zero-order valence-electron chi connectivity index (χ0n) is 6.49. The molecule has 0 atom stereocenters. The summed E-state index contributed by atoms with van der Waals surface area (Å²) in [6.07, 6.45) is 2.76. The van der Waals surface area contributed by atoms with E-state index in [4.69, 9.17) is 0 Å². The van der Waals surface area contributed by atoms with Gasteiger partial charge in [-0.15, -0.1) is 0 Å². The van der Waals surface area contributed by atoms with Gasteiger partial charge in [-0.05, 0) is 5.69 Å². The molecule has 2 aromatic rings. The molecule has 0 unspecified atom stereocenters. The maximum Gasteiger partial charge on any atom is 0.162 e. The molecular weight excluding hydrogens is 342 g/mol. The Hall–Kier alpha value is -1.25. The van der Waals surface area contributed by atoms with Crippen molar-refractivity contribution in [2.75, 3.05) is 0 Å². The first-order valence-corrected chi connectivity index (χ1v) is 3.29. The molecule has 0 spiro atoms. The first kappa shape index (κ1) is 9.84. The van der Waals surface area contributed by atoms with Gasteiger partial charge in [-0.1, -0.05) is 0 Å². The number of H-pyrrole nitrogens is 1. The number of aromatic nitrogens is 4. The minimum Gasteiger partial charge on any atom is -0.357 e. The van der Waals surface area contributed by atoms with Gasteiger partial charge >= 0.3 is 0 Å². The first-order valence-electron chi connectivity index (χ1n) is 3.29. The molecule has 0 bridgehead atoms. The molecule has 6 heteroatoms. The van der Waals surface area contributed by atoms with Crippen molar-refractivity contribution in [3.05, 3.63) is 25.3 Å². The van der Waals surface area contributed by atoms with Crippen LogP contribution in [0.25, 0.3) is 11.2 Å². The number of fused-ring (bicyclic) bond motifs is 1. The van der Waals surface area contributed by atoms with Crippen molar-refractivity contribution in [3.63, 3.8) is 0 Å². The Balaban J connectivity index is 0.000000845. The van der Waals surface area contributed by atoms with Crippen molar-refractivity contribution >= 4 is 16.9 Å². The van der Waals surface area contributed by atoms with Crippen LogP contribution in [0.5, 0.6) is 0 Å². The summed E-state index contributed by atoms with van der Waals surface area (Å²) in [6.45, 7) is 3.26. The molecule has 67 valence electrons. The molecule has 2 aromatic heterocycles. The third-order valence-electron chi connectivity index (χ3n) is 1.49. The van der Waals surface area contributed by atoms with Crippen molar-refractivity contribution in [1.82, 2.24) is 19.9 Å². The molecule has 5 nitrogen and oxygen atoms in total. The van der Waals surface area contributed by atoms with E-state index >= 15 is 0 Å². The molecule has 0 amide bonds. The number of nitrogens with one attached hydrogen (secondary N) is 1. The number of carbonyl (C=O) groups is 1. The van der Waals surface area contributed by atoms with E-state index in [2.05, 4.69) is 26.9 Å². The molecule has 1 radical (unpaired) electrons. The van der Waals surface area contributed by atoms with Gasteiger partial charge in [0.1, 0.15) is 0 Å². The molecule has 0 aliphatic rings. The Morgan fingerprint density at radius 2 is 2.15 bits per heavy atom. The van der Waals surface area contributed by atoms with Crippen LogP contribution in [0.3, 0.4) is 0 Å². The number of rotatable bonds is 1. The van der Waals surface area contributed by atoms with Gasteiger partial charge in [-0.3, -0.25) is 0 Å². The van der Waals surface area contributed by atoms with Crippen LogP contribution >= 0.6 is 0 Å². The summed E-state index contributed by atoms with van der Waals surface area (Å²) in [5.41, 5.74) is 1.30. The van der Waals surface area contributed by atoms with Crippen molar-refractivity contribution < 1.29 is 25.2 Å². The fourth-order valence-corrected chi connectivity index (χ4v) is 0.976. The average molecular weight is 347 g/mol. The summed E-state index contributed by atoms with van der Waals surface area (Å²) in [5.74, 6) is -0.341. The summed E-state index contributed by atoms with van der Waals surface area (Å²) in [4.78, 5) is 25.2. The summed E-state index contributed by atoms with van der Waals surface area (Å²) in [7, 11) is 0. The second-order valence-electron chi connectivity index (χ2n) is 2.25. The molecule has 2 rings (SSSR count). The van der Waals surface area contributed by atoms with Gasteiger partial charge in [-0.25, -0.2) is 9.97 Å². The smallest absolute Gasteiger partial charge is 0.162 e. The van der Waals surface area contributed by atoms with Crippen LogP contribution in [0.4, 0.5) is 0 Å². The zero-order valence-corrected chi connectivity index (χ0v) is 9.21. The monoisotopic (exact) mass is 348 g/mol. The molecule has 0 aliphatic carbocycles. The molecule has 0 saturated heterocycles. The normalized spacial score (nSPS) is 9.54. The van der Waals surface area contributed by atoms with Gasteiger partial charge in [0.05, 0.1) is 12.7 Å². The molecular formula is C7H5N4ORe-. The number of hydrogen-bond donors (Lipinski definition) is 1. The molecule has 2 heterocycles. The van der Waals surface area contributed by atoms with Crippen molar-refractivity contribution in [3.8, 4) is 0 Å². The zero-order chi connectivity index (χ0) is 8.55. The van der Waals surface area contributed by atoms with Crippen molar-refractivity contribution in [2.24, 2.45) is 0 Å². The Morgan fingerprint density at radius 1 is 1.38 bits per heavy atom. The number of nitrogens with zero attached hydrogens (tertiary/aromatic N) is 3. The van der Waals surface area contributed by atoms with E-state index in [9.17, 15) is 4.79 Å². The van der Waals surface area contributed by atoms with Crippen LogP contribution in [0.1, 0.15) is 10.5 Å². The molecule has 13 heavy (non-hydrogen) atoms. The maximum absolute atomic E-state index is 10.9. The van der Waals surface area contributed by atoms with Crippen molar-refractivity contribution in [1.29, 1.82) is 0 Å². The summed E-state index contributed by atoms with van der Waals surface area (Å²) < 4.78 is 0. The Labute approximate surface area is 87.7 Å². The summed E-state index contributed by atoms with van der Waals surface area (Å²) >= 11 is 0.